The number of fused-ring (bicyclic) bond motifs is 1. The molecule has 2 atom stereocenters. The summed E-state index contributed by atoms with van der Waals surface area (Å²) in [7, 11) is 1.64. The van der Waals surface area contributed by atoms with E-state index >= 15 is 0 Å². The van der Waals surface area contributed by atoms with Crippen molar-refractivity contribution in [1.29, 1.82) is 0 Å². The van der Waals surface area contributed by atoms with Crippen LogP contribution in [0.25, 0.3) is 0 Å². The van der Waals surface area contributed by atoms with Gasteiger partial charge in [-0.1, -0.05) is 6.92 Å². The molecule has 6 heteroatoms. The van der Waals surface area contributed by atoms with Gasteiger partial charge in [0, 0.05) is 32.7 Å². The molecule has 3 aliphatic rings. The number of carbonyl (C=O) groups excluding carboxylic acids is 2. The molecular weight excluding hydrogens is 296 g/mol. The van der Waals surface area contributed by atoms with E-state index in [1.54, 1.807) is 7.11 Å². The van der Waals surface area contributed by atoms with E-state index in [1.165, 1.54) is 0 Å². The lowest BCUT2D eigenvalue weighted by Gasteiger charge is -2.36. The molecule has 0 aromatic carbocycles. The van der Waals surface area contributed by atoms with E-state index in [1.807, 2.05) is 9.80 Å². The van der Waals surface area contributed by atoms with Gasteiger partial charge in [-0.15, -0.1) is 0 Å². The zero-order chi connectivity index (χ0) is 16.4. The van der Waals surface area contributed by atoms with Crippen molar-refractivity contribution in [3.8, 4) is 0 Å². The number of morpholine rings is 1. The normalized spacial score (nSPS) is 34.6. The molecule has 0 spiro atoms. The fraction of sp³-hybridized carbons (Fsp3) is 0.882. The van der Waals surface area contributed by atoms with Crippen molar-refractivity contribution in [1.82, 2.24) is 9.80 Å². The van der Waals surface area contributed by atoms with Gasteiger partial charge in [-0.2, -0.15) is 0 Å². The van der Waals surface area contributed by atoms with Crippen molar-refractivity contribution in [2.75, 3.05) is 40.0 Å². The second-order valence-electron chi connectivity index (χ2n) is 7.20. The van der Waals surface area contributed by atoms with Crippen LogP contribution in [0.5, 0.6) is 0 Å². The number of methoxy groups -OCH3 is 1. The summed E-state index contributed by atoms with van der Waals surface area (Å²) in [6.07, 6.45) is 4.24. The first-order valence-electron chi connectivity index (χ1n) is 8.79. The van der Waals surface area contributed by atoms with Crippen LogP contribution in [-0.2, 0) is 19.1 Å². The summed E-state index contributed by atoms with van der Waals surface area (Å²) in [6, 6.07) is -0.0159. The van der Waals surface area contributed by atoms with E-state index < -0.39 is 0 Å². The van der Waals surface area contributed by atoms with Crippen molar-refractivity contribution >= 4 is 11.8 Å². The topological polar surface area (TPSA) is 59.1 Å². The van der Waals surface area contributed by atoms with Gasteiger partial charge in [0.2, 0.25) is 11.8 Å². The molecule has 2 saturated heterocycles. The summed E-state index contributed by atoms with van der Waals surface area (Å²) >= 11 is 0. The third-order valence-electron chi connectivity index (χ3n) is 5.59. The Kier molecular flexibility index (Phi) is 5.21. The van der Waals surface area contributed by atoms with Crippen LogP contribution in [-0.4, -0.2) is 73.7 Å². The molecule has 2 heterocycles. The lowest BCUT2D eigenvalue weighted by Crippen LogP contribution is -2.54. The molecule has 2 amide bonds. The Morgan fingerprint density at radius 3 is 2.70 bits per heavy atom. The number of amides is 2. The Morgan fingerprint density at radius 1 is 1.26 bits per heavy atom. The Balaban J connectivity index is 1.61. The fourth-order valence-corrected chi connectivity index (χ4v) is 4.09. The lowest BCUT2D eigenvalue weighted by atomic mass is 9.82. The van der Waals surface area contributed by atoms with Crippen LogP contribution in [0, 0.1) is 11.8 Å². The molecule has 3 fully saturated rings. The molecule has 1 saturated carbocycles. The number of likely N-dealkylation sites (tertiary alicyclic amines) is 1. The summed E-state index contributed by atoms with van der Waals surface area (Å²) < 4.78 is 10.8. The van der Waals surface area contributed by atoms with E-state index in [4.69, 9.17) is 9.47 Å². The van der Waals surface area contributed by atoms with Crippen LogP contribution in [0.3, 0.4) is 0 Å². The van der Waals surface area contributed by atoms with Crippen molar-refractivity contribution in [3.63, 3.8) is 0 Å². The third-order valence-corrected chi connectivity index (χ3v) is 5.59. The summed E-state index contributed by atoms with van der Waals surface area (Å²) in [6.45, 7) is 4.69. The first-order valence-corrected chi connectivity index (χ1v) is 8.79. The van der Waals surface area contributed by atoms with Gasteiger partial charge in [0.15, 0.2) is 0 Å². The first kappa shape index (κ1) is 16.7. The second-order valence-corrected chi connectivity index (χ2v) is 7.20. The van der Waals surface area contributed by atoms with Crippen molar-refractivity contribution in [2.24, 2.45) is 11.8 Å². The lowest BCUT2D eigenvalue weighted by molar-refractivity contribution is -0.153. The van der Waals surface area contributed by atoms with Crippen LogP contribution in [0.4, 0.5) is 0 Å². The summed E-state index contributed by atoms with van der Waals surface area (Å²) in [5, 5.41) is 0. The predicted molar refractivity (Wildman–Crippen MR) is 84.8 cm³/mol. The number of hydrogen-bond donors (Lipinski definition) is 0. The highest BCUT2D eigenvalue weighted by Crippen LogP contribution is 2.32. The number of rotatable bonds is 4. The molecule has 0 aromatic rings. The molecule has 1 aliphatic carbocycles. The number of hydrogen-bond acceptors (Lipinski definition) is 4. The molecule has 0 N–H and O–H groups in total. The largest absolute Gasteiger partial charge is 0.383 e. The zero-order valence-electron chi connectivity index (χ0n) is 14.2. The maximum absolute atomic E-state index is 12.8. The average Bonchev–Trinajstić information content (AvgIpc) is 2.98. The van der Waals surface area contributed by atoms with Gasteiger partial charge in [-0.05, 0) is 31.6 Å². The summed E-state index contributed by atoms with van der Waals surface area (Å²) in [5.41, 5.74) is 0. The van der Waals surface area contributed by atoms with Crippen LogP contribution < -0.4 is 0 Å². The Hall–Kier alpha value is -1.14. The molecule has 3 rings (SSSR count). The first-order chi connectivity index (χ1) is 11.1. The Bertz CT molecular complexity index is 448. The minimum absolute atomic E-state index is 0.00379. The summed E-state index contributed by atoms with van der Waals surface area (Å²) in [5.74, 6) is 1.17. The van der Waals surface area contributed by atoms with Crippen LogP contribution in [0.15, 0.2) is 0 Å². The van der Waals surface area contributed by atoms with Gasteiger partial charge in [0.1, 0.15) is 6.61 Å². The number of nitrogens with zero attached hydrogens (tertiary/aromatic N) is 2. The van der Waals surface area contributed by atoms with Gasteiger partial charge in [-0.25, -0.2) is 0 Å². The molecule has 23 heavy (non-hydrogen) atoms. The Morgan fingerprint density at radius 2 is 2.00 bits per heavy atom. The van der Waals surface area contributed by atoms with E-state index in [0.29, 0.717) is 26.2 Å². The van der Waals surface area contributed by atoms with Crippen molar-refractivity contribution in [2.45, 2.75) is 44.8 Å². The molecular formula is C17H28N2O4. The van der Waals surface area contributed by atoms with Crippen LogP contribution in [0.1, 0.15) is 32.6 Å². The van der Waals surface area contributed by atoms with Crippen LogP contribution in [0.2, 0.25) is 0 Å². The number of ether oxygens (including phenoxy) is 2. The minimum Gasteiger partial charge on any atom is -0.383 e. The smallest absolute Gasteiger partial charge is 0.249 e. The highest BCUT2D eigenvalue weighted by Gasteiger charge is 2.45. The van der Waals surface area contributed by atoms with Crippen molar-refractivity contribution in [3.05, 3.63) is 0 Å². The van der Waals surface area contributed by atoms with Gasteiger partial charge in [0.25, 0.3) is 0 Å². The quantitative estimate of drug-likeness (QED) is 0.771. The van der Waals surface area contributed by atoms with Gasteiger partial charge in [0.05, 0.1) is 18.8 Å². The predicted octanol–water partition coefficient (Wildman–Crippen LogP) is 0.897. The van der Waals surface area contributed by atoms with E-state index in [9.17, 15) is 9.59 Å². The average molecular weight is 324 g/mol. The van der Waals surface area contributed by atoms with Crippen LogP contribution >= 0.6 is 0 Å². The fourth-order valence-electron chi connectivity index (χ4n) is 4.09. The van der Waals surface area contributed by atoms with Crippen molar-refractivity contribution < 1.29 is 19.1 Å². The third kappa shape index (κ3) is 3.53. The second kappa shape index (κ2) is 7.18. The molecule has 0 aromatic heterocycles. The molecule has 2 aliphatic heterocycles. The highest BCUT2D eigenvalue weighted by molar-refractivity contribution is 5.81. The Labute approximate surface area is 138 Å². The van der Waals surface area contributed by atoms with E-state index in [-0.39, 0.29) is 36.5 Å². The van der Waals surface area contributed by atoms with Gasteiger partial charge >= 0.3 is 0 Å². The minimum atomic E-state index is -0.0454. The molecule has 0 unspecified atom stereocenters. The molecule has 0 bridgehead atoms. The monoisotopic (exact) mass is 324 g/mol. The zero-order valence-corrected chi connectivity index (χ0v) is 14.2. The highest BCUT2D eigenvalue weighted by atomic mass is 16.5. The molecule has 0 radical (unpaired) electrons. The van der Waals surface area contributed by atoms with E-state index in [0.717, 1.165) is 31.6 Å². The summed E-state index contributed by atoms with van der Waals surface area (Å²) in [4.78, 5) is 28.7. The maximum atomic E-state index is 12.8. The molecule has 130 valence electrons. The van der Waals surface area contributed by atoms with E-state index in [2.05, 4.69) is 6.92 Å². The maximum Gasteiger partial charge on any atom is 0.249 e. The SMILES string of the molecule is COCCN1C(=O)CO[C@@H]2CN(C(=O)C3CCC(C)CC3)C[C@H]21. The standard InChI is InChI=1S/C17H28N2O4/c1-12-3-5-13(6-4-12)17(21)18-9-14-15(10-18)23-11-16(20)19(14)7-8-22-2/h12-15H,3-11H2,1-2H3/t12?,13?,14-,15-/m1/s1. The molecule has 6 nitrogen and oxygen atoms in total. The van der Waals surface area contributed by atoms with Gasteiger partial charge in [-0.3, -0.25) is 9.59 Å². The number of carbonyl (C=O) groups is 2. The van der Waals surface area contributed by atoms with Gasteiger partial charge < -0.3 is 19.3 Å².